The predicted octanol–water partition coefficient (Wildman–Crippen LogP) is 2.80. The third-order valence-electron chi connectivity index (χ3n) is 2.34. The Kier molecular flexibility index (Phi) is 2.64. The van der Waals surface area contributed by atoms with Crippen LogP contribution in [0.1, 0.15) is 20.8 Å². The molecule has 0 N–H and O–H groups in total. The van der Waals surface area contributed by atoms with E-state index in [1.807, 2.05) is 12.3 Å². The Morgan fingerprint density at radius 3 is 2.73 bits per heavy atom. The van der Waals surface area contributed by atoms with Gasteiger partial charge in [0.2, 0.25) is 0 Å². The van der Waals surface area contributed by atoms with Crippen LogP contribution in [0, 0.1) is 11.8 Å². The first-order chi connectivity index (χ1) is 5.22. The molecule has 0 aliphatic carbocycles. The predicted molar refractivity (Wildman–Crippen MR) is 49.7 cm³/mol. The monoisotopic (exact) mass is 149 g/mol. The van der Waals surface area contributed by atoms with E-state index in [1.165, 1.54) is 5.71 Å². The third kappa shape index (κ3) is 2.04. The van der Waals surface area contributed by atoms with Crippen LogP contribution in [0.25, 0.3) is 0 Å². The number of nitrogens with zero attached hydrogens (tertiary/aromatic N) is 1. The van der Waals surface area contributed by atoms with Gasteiger partial charge < -0.3 is 0 Å². The molecule has 0 aromatic rings. The van der Waals surface area contributed by atoms with Crippen molar-refractivity contribution in [3.05, 3.63) is 24.4 Å². The average Bonchev–Trinajstić information content (AvgIpc) is 2.00. The number of hydrogen-bond donors (Lipinski definition) is 0. The normalized spacial score (nSPS) is 36.8. The van der Waals surface area contributed by atoms with Crippen LogP contribution in [0.4, 0.5) is 0 Å². The summed E-state index contributed by atoms with van der Waals surface area (Å²) in [6, 6.07) is 0. The van der Waals surface area contributed by atoms with Gasteiger partial charge in [0.05, 0.1) is 0 Å². The summed E-state index contributed by atoms with van der Waals surface area (Å²) >= 11 is 0. The van der Waals surface area contributed by atoms with Crippen LogP contribution >= 0.6 is 0 Å². The maximum atomic E-state index is 4.30. The summed E-state index contributed by atoms with van der Waals surface area (Å²) < 4.78 is 0. The molecule has 0 saturated carbocycles. The first-order valence-corrected chi connectivity index (χ1v) is 4.09. The molecule has 1 nitrogen and oxygen atoms in total. The summed E-state index contributed by atoms with van der Waals surface area (Å²) in [5, 5.41) is 0. The van der Waals surface area contributed by atoms with Crippen molar-refractivity contribution in [1.82, 2.24) is 0 Å². The molecular weight excluding hydrogens is 134 g/mol. The molecule has 0 aromatic carbocycles. The molecule has 1 aliphatic heterocycles. The van der Waals surface area contributed by atoms with Crippen molar-refractivity contribution in [2.75, 3.05) is 0 Å². The second-order valence-electron chi connectivity index (χ2n) is 3.14. The zero-order chi connectivity index (χ0) is 8.27. The fourth-order valence-corrected chi connectivity index (χ4v) is 1.11. The first-order valence-electron chi connectivity index (χ1n) is 4.09. The smallest absolute Gasteiger partial charge is 0.0267 e. The molecule has 0 spiro atoms. The fourth-order valence-electron chi connectivity index (χ4n) is 1.11. The van der Waals surface area contributed by atoms with Crippen LogP contribution in [0.5, 0.6) is 0 Å². The highest BCUT2D eigenvalue weighted by Gasteiger charge is 2.11. The molecule has 1 heterocycles. The average molecular weight is 149 g/mol. The van der Waals surface area contributed by atoms with E-state index in [0.717, 1.165) is 0 Å². The Hall–Kier alpha value is -0.850. The van der Waals surface area contributed by atoms with Gasteiger partial charge in [-0.1, -0.05) is 26.0 Å². The van der Waals surface area contributed by atoms with Crippen LogP contribution < -0.4 is 0 Å². The lowest BCUT2D eigenvalue weighted by Crippen LogP contribution is -2.14. The van der Waals surface area contributed by atoms with E-state index in [-0.39, 0.29) is 0 Å². The minimum absolute atomic E-state index is 0.566. The second-order valence-corrected chi connectivity index (χ2v) is 3.14. The molecule has 60 valence electrons. The van der Waals surface area contributed by atoms with Crippen LogP contribution in [-0.2, 0) is 0 Å². The molecule has 0 aromatic heterocycles. The Bertz CT molecular complexity index is 211. The second kappa shape index (κ2) is 3.51. The minimum Gasteiger partial charge on any atom is -0.266 e. The molecule has 11 heavy (non-hydrogen) atoms. The lowest BCUT2D eigenvalue weighted by molar-refractivity contribution is 0.587. The molecular formula is C10H15N. The molecule has 0 saturated heterocycles. The van der Waals surface area contributed by atoms with Gasteiger partial charge in [0.1, 0.15) is 0 Å². The lowest BCUT2D eigenvalue weighted by Gasteiger charge is -2.16. The highest BCUT2D eigenvalue weighted by Crippen LogP contribution is 2.15. The van der Waals surface area contributed by atoms with Crippen molar-refractivity contribution in [3.8, 4) is 0 Å². The lowest BCUT2D eigenvalue weighted by atomic mass is 9.91. The summed E-state index contributed by atoms with van der Waals surface area (Å²) in [6.07, 6.45) is 8.12. The standard InChI is InChI=1S/C10H15N/c1-8-6-4-5-7-11-10(3)9(8)2/h4-9H,1-3H3/b6-4+,7-5-,11-10?. The molecule has 0 amide bonds. The molecule has 1 heteroatoms. The van der Waals surface area contributed by atoms with Crippen molar-refractivity contribution in [2.45, 2.75) is 20.8 Å². The molecule has 0 bridgehead atoms. The molecule has 1 rings (SSSR count). The Labute approximate surface area is 68.5 Å². The van der Waals surface area contributed by atoms with Crippen molar-refractivity contribution in [1.29, 1.82) is 0 Å². The van der Waals surface area contributed by atoms with Crippen molar-refractivity contribution in [2.24, 2.45) is 16.8 Å². The van der Waals surface area contributed by atoms with Gasteiger partial charge in [0, 0.05) is 17.8 Å². The largest absolute Gasteiger partial charge is 0.266 e. The summed E-state index contributed by atoms with van der Waals surface area (Å²) in [7, 11) is 0. The van der Waals surface area contributed by atoms with Crippen LogP contribution in [-0.4, -0.2) is 5.71 Å². The van der Waals surface area contributed by atoms with Gasteiger partial charge in [-0.15, -0.1) is 0 Å². The Morgan fingerprint density at radius 1 is 1.27 bits per heavy atom. The first kappa shape index (κ1) is 8.25. The SMILES string of the molecule is CC1=N/C=C\C=C\C(C)C1C. The van der Waals surface area contributed by atoms with Crippen LogP contribution in [0.15, 0.2) is 29.4 Å². The molecule has 1 aliphatic rings. The Balaban J connectivity index is 2.85. The number of hydrogen-bond acceptors (Lipinski definition) is 1. The molecule has 2 atom stereocenters. The third-order valence-corrected chi connectivity index (χ3v) is 2.34. The van der Waals surface area contributed by atoms with E-state index in [1.54, 1.807) is 0 Å². The molecule has 2 unspecified atom stereocenters. The Morgan fingerprint density at radius 2 is 2.00 bits per heavy atom. The van der Waals surface area contributed by atoms with Crippen LogP contribution in [0.3, 0.4) is 0 Å². The summed E-state index contributed by atoms with van der Waals surface area (Å²) in [5.41, 5.74) is 1.22. The molecule has 0 fully saturated rings. The summed E-state index contributed by atoms with van der Waals surface area (Å²) in [6.45, 7) is 6.52. The van der Waals surface area contributed by atoms with Gasteiger partial charge in [-0.2, -0.15) is 0 Å². The number of rotatable bonds is 0. The number of allylic oxidation sites excluding steroid dienone is 3. The van der Waals surface area contributed by atoms with Gasteiger partial charge in [0.15, 0.2) is 0 Å². The zero-order valence-corrected chi connectivity index (χ0v) is 7.41. The van der Waals surface area contributed by atoms with Crippen molar-refractivity contribution in [3.63, 3.8) is 0 Å². The maximum Gasteiger partial charge on any atom is 0.0267 e. The quantitative estimate of drug-likeness (QED) is 0.502. The fraction of sp³-hybridized carbons (Fsp3) is 0.500. The van der Waals surface area contributed by atoms with E-state index in [9.17, 15) is 0 Å². The van der Waals surface area contributed by atoms with E-state index in [2.05, 4.69) is 37.9 Å². The van der Waals surface area contributed by atoms with Gasteiger partial charge in [-0.25, -0.2) is 0 Å². The van der Waals surface area contributed by atoms with E-state index < -0.39 is 0 Å². The van der Waals surface area contributed by atoms with E-state index >= 15 is 0 Å². The van der Waals surface area contributed by atoms with Gasteiger partial charge >= 0.3 is 0 Å². The minimum atomic E-state index is 0.566. The highest BCUT2D eigenvalue weighted by molar-refractivity contribution is 5.85. The highest BCUT2D eigenvalue weighted by atomic mass is 14.7. The van der Waals surface area contributed by atoms with Crippen LogP contribution in [0.2, 0.25) is 0 Å². The topological polar surface area (TPSA) is 12.4 Å². The van der Waals surface area contributed by atoms with Gasteiger partial charge in [-0.3, -0.25) is 4.99 Å². The van der Waals surface area contributed by atoms with E-state index in [4.69, 9.17) is 0 Å². The van der Waals surface area contributed by atoms with Crippen molar-refractivity contribution < 1.29 is 0 Å². The number of aliphatic imine (C=N–C) groups is 1. The molecule has 0 radical (unpaired) electrons. The zero-order valence-electron chi connectivity index (χ0n) is 7.41. The van der Waals surface area contributed by atoms with Gasteiger partial charge in [-0.05, 0) is 18.9 Å². The summed E-state index contributed by atoms with van der Waals surface area (Å²) in [5.74, 6) is 1.17. The van der Waals surface area contributed by atoms with Crippen molar-refractivity contribution >= 4 is 5.71 Å². The van der Waals surface area contributed by atoms with E-state index in [0.29, 0.717) is 11.8 Å². The summed E-state index contributed by atoms with van der Waals surface area (Å²) in [4.78, 5) is 4.30. The maximum absolute atomic E-state index is 4.30. The van der Waals surface area contributed by atoms with Gasteiger partial charge in [0.25, 0.3) is 0 Å².